The van der Waals surface area contributed by atoms with E-state index in [2.05, 4.69) is 10.6 Å². The Hall–Kier alpha value is -2.27. The lowest BCUT2D eigenvalue weighted by Crippen LogP contribution is -2.37. The third kappa shape index (κ3) is 4.36. The monoisotopic (exact) mass is 306 g/mol. The molecule has 0 bridgehead atoms. The van der Waals surface area contributed by atoms with Crippen LogP contribution in [0.2, 0.25) is 5.02 Å². The van der Waals surface area contributed by atoms with Crippen LogP contribution in [0.15, 0.2) is 47.1 Å². The third-order valence-corrected chi connectivity index (χ3v) is 3.12. The van der Waals surface area contributed by atoms with Gasteiger partial charge in [0, 0.05) is 10.6 Å². The lowest BCUT2D eigenvalue weighted by Gasteiger charge is -2.12. The molecule has 5 nitrogen and oxygen atoms in total. The van der Waals surface area contributed by atoms with Crippen molar-refractivity contribution in [2.45, 2.75) is 13.0 Å². The van der Waals surface area contributed by atoms with Crippen LogP contribution < -0.4 is 10.6 Å². The average Bonchev–Trinajstić information content (AvgIpc) is 3.00. The van der Waals surface area contributed by atoms with Crippen molar-refractivity contribution in [1.82, 2.24) is 10.6 Å². The van der Waals surface area contributed by atoms with E-state index in [1.807, 2.05) is 0 Å². The molecule has 1 aromatic heterocycles. The van der Waals surface area contributed by atoms with Crippen LogP contribution in [0.25, 0.3) is 0 Å². The number of amides is 2. The second kappa shape index (κ2) is 6.95. The predicted molar refractivity (Wildman–Crippen MR) is 79.1 cm³/mol. The SMILES string of the molecule is C[C@@H](NC(=O)CNC(=O)c1ccc(Cl)cc1)c1ccco1. The molecule has 2 N–H and O–H groups in total. The highest BCUT2D eigenvalue weighted by molar-refractivity contribution is 6.30. The zero-order chi connectivity index (χ0) is 15.2. The topological polar surface area (TPSA) is 71.3 Å². The summed E-state index contributed by atoms with van der Waals surface area (Å²) in [5.41, 5.74) is 0.450. The highest BCUT2D eigenvalue weighted by Gasteiger charge is 2.13. The number of rotatable bonds is 5. The van der Waals surface area contributed by atoms with Crippen LogP contribution in [0.5, 0.6) is 0 Å². The van der Waals surface area contributed by atoms with Crippen molar-refractivity contribution in [2.75, 3.05) is 6.54 Å². The molecular weight excluding hydrogens is 292 g/mol. The van der Waals surface area contributed by atoms with Gasteiger partial charge >= 0.3 is 0 Å². The van der Waals surface area contributed by atoms with Crippen LogP contribution in [0, 0.1) is 0 Å². The Labute approximate surface area is 127 Å². The summed E-state index contributed by atoms with van der Waals surface area (Å²) >= 11 is 5.75. The van der Waals surface area contributed by atoms with Gasteiger partial charge in [0.05, 0.1) is 18.8 Å². The number of hydrogen-bond acceptors (Lipinski definition) is 3. The fourth-order valence-electron chi connectivity index (χ4n) is 1.77. The van der Waals surface area contributed by atoms with Crippen molar-refractivity contribution >= 4 is 23.4 Å². The van der Waals surface area contributed by atoms with E-state index in [1.165, 1.54) is 0 Å². The van der Waals surface area contributed by atoms with Gasteiger partial charge in [-0.3, -0.25) is 9.59 Å². The fraction of sp³-hybridized carbons (Fsp3) is 0.200. The first-order valence-corrected chi connectivity index (χ1v) is 6.80. The minimum Gasteiger partial charge on any atom is -0.467 e. The first kappa shape index (κ1) is 15.1. The molecule has 0 unspecified atom stereocenters. The van der Waals surface area contributed by atoms with Crippen LogP contribution in [0.4, 0.5) is 0 Å². The molecule has 2 aromatic rings. The molecule has 0 aliphatic rings. The van der Waals surface area contributed by atoms with E-state index < -0.39 is 0 Å². The summed E-state index contributed by atoms with van der Waals surface area (Å²) in [7, 11) is 0. The average molecular weight is 307 g/mol. The van der Waals surface area contributed by atoms with E-state index in [-0.39, 0.29) is 24.4 Å². The van der Waals surface area contributed by atoms with Gasteiger partial charge in [0.15, 0.2) is 0 Å². The van der Waals surface area contributed by atoms with Crippen molar-refractivity contribution < 1.29 is 14.0 Å². The zero-order valence-electron chi connectivity index (χ0n) is 11.4. The van der Waals surface area contributed by atoms with Gasteiger partial charge in [-0.2, -0.15) is 0 Å². The largest absolute Gasteiger partial charge is 0.467 e. The molecule has 0 spiro atoms. The molecule has 1 atom stereocenters. The summed E-state index contributed by atoms with van der Waals surface area (Å²) in [5.74, 6) is 0.0426. The van der Waals surface area contributed by atoms with Gasteiger partial charge in [-0.1, -0.05) is 11.6 Å². The van der Waals surface area contributed by atoms with Gasteiger partial charge in [0.2, 0.25) is 5.91 Å². The Morgan fingerprint density at radius 2 is 1.95 bits per heavy atom. The minimum atomic E-state index is -0.326. The minimum absolute atomic E-state index is 0.105. The van der Waals surface area contributed by atoms with E-state index in [9.17, 15) is 9.59 Å². The first-order valence-electron chi connectivity index (χ1n) is 6.43. The summed E-state index contributed by atoms with van der Waals surface area (Å²) < 4.78 is 5.19. The van der Waals surface area contributed by atoms with E-state index in [0.29, 0.717) is 16.3 Å². The highest BCUT2D eigenvalue weighted by Crippen LogP contribution is 2.12. The Morgan fingerprint density at radius 1 is 1.24 bits per heavy atom. The van der Waals surface area contributed by atoms with Gasteiger partial charge < -0.3 is 15.1 Å². The molecule has 0 aliphatic heterocycles. The third-order valence-electron chi connectivity index (χ3n) is 2.86. The van der Waals surface area contributed by atoms with E-state index in [0.717, 1.165) is 0 Å². The number of furan rings is 1. The Bertz CT molecular complexity index is 608. The van der Waals surface area contributed by atoms with E-state index in [4.69, 9.17) is 16.0 Å². The molecule has 0 saturated carbocycles. The fourth-order valence-corrected chi connectivity index (χ4v) is 1.89. The molecular formula is C15H15ClN2O3. The summed E-state index contributed by atoms with van der Waals surface area (Å²) in [6, 6.07) is 9.71. The van der Waals surface area contributed by atoms with E-state index in [1.54, 1.807) is 49.6 Å². The summed E-state index contributed by atoms with van der Waals surface area (Å²) in [6.45, 7) is 1.70. The van der Waals surface area contributed by atoms with Gasteiger partial charge in [-0.15, -0.1) is 0 Å². The lowest BCUT2D eigenvalue weighted by atomic mass is 10.2. The number of benzene rings is 1. The molecule has 0 radical (unpaired) electrons. The summed E-state index contributed by atoms with van der Waals surface area (Å²) in [5, 5.41) is 5.83. The summed E-state index contributed by atoms with van der Waals surface area (Å²) in [4.78, 5) is 23.6. The van der Waals surface area contributed by atoms with Crippen LogP contribution in [0.1, 0.15) is 29.1 Å². The smallest absolute Gasteiger partial charge is 0.251 e. The molecule has 0 fully saturated rings. The zero-order valence-corrected chi connectivity index (χ0v) is 12.2. The molecule has 0 aliphatic carbocycles. The predicted octanol–water partition coefficient (Wildman–Crippen LogP) is 2.54. The highest BCUT2D eigenvalue weighted by atomic mass is 35.5. The van der Waals surface area contributed by atoms with Crippen LogP contribution in [-0.4, -0.2) is 18.4 Å². The maximum Gasteiger partial charge on any atom is 0.251 e. The molecule has 1 heterocycles. The van der Waals surface area contributed by atoms with Gasteiger partial charge in [-0.25, -0.2) is 0 Å². The molecule has 110 valence electrons. The number of nitrogens with one attached hydrogen (secondary N) is 2. The molecule has 0 saturated heterocycles. The van der Waals surface area contributed by atoms with E-state index >= 15 is 0 Å². The van der Waals surface area contributed by atoms with Crippen molar-refractivity contribution in [3.63, 3.8) is 0 Å². The maximum absolute atomic E-state index is 11.8. The molecule has 6 heteroatoms. The standard InChI is InChI=1S/C15H15ClN2O3/c1-10(13-3-2-8-21-13)18-14(19)9-17-15(20)11-4-6-12(16)7-5-11/h2-8,10H,9H2,1H3,(H,17,20)(H,18,19)/t10-/m1/s1. The second-order valence-corrected chi connectivity index (χ2v) is 4.93. The number of halogens is 1. The quantitative estimate of drug-likeness (QED) is 0.891. The Balaban J connectivity index is 1.81. The molecule has 2 rings (SSSR count). The number of hydrogen-bond donors (Lipinski definition) is 2. The van der Waals surface area contributed by atoms with Gasteiger partial charge in [-0.05, 0) is 43.3 Å². The Kier molecular flexibility index (Phi) is 5.00. The van der Waals surface area contributed by atoms with Gasteiger partial charge in [0.1, 0.15) is 5.76 Å². The second-order valence-electron chi connectivity index (χ2n) is 4.49. The molecule has 2 amide bonds. The van der Waals surface area contributed by atoms with Crippen LogP contribution in [0.3, 0.4) is 0 Å². The summed E-state index contributed by atoms with van der Waals surface area (Å²) in [6.07, 6.45) is 1.54. The molecule has 21 heavy (non-hydrogen) atoms. The van der Waals surface area contributed by atoms with Crippen molar-refractivity contribution in [2.24, 2.45) is 0 Å². The van der Waals surface area contributed by atoms with Gasteiger partial charge in [0.25, 0.3) is 5.91 Å². The lowest BCUT2D eigenvalue weighted by molar-refractivity contribution is -0.120. The van der Waals surface area contributed by atoms with Crippen LogP contribution >= 0.6 is 11.6 Å². The van der Waals surface area contributed by atoms with Crippen molar-refractivity contribution in [3.8, 4) is 0 Å². The Morgan fingerprint density at radius 3 is 2.57 bits per heavy atom. The van der Waals surface area contributed by atoms with Crippen molar-refractivity contribution in [3.05, 3.63) is 59.0 Å². The first-order chi connectivity index (χ1) is 10.1. The van der Waals surface area contributed by atoms with Crippen molar-refractivity contribution in [1.29, 1.82) is 0 Å². The number of carbonyl (C=O) groups excluding carboxylic acids is 2. The normalized spacial score (nSPS) is 11.7. The molecule has 1 aromatic carbocycles. The number of carbonyl (C=O) groups is 2. The van der Waals surface area contributed by atoms with Crippen LogP contribution in [-0.2, 0) is 4.79 Å². The maximum atomic E-state index is 11.8.